The third kappa shape index (κ3) is 1.72. The van der Waals surface area contributed by atoms with Crippen molar-refractivity contribution < 1.29 is 12.8 Å². The number of fused-ring (bicyclic) bond motifs is 1. The van der Waals surface area contributed by atoms with Gasteiger partial charge in [-0.2, -0.15) is 0 Å². The Labute approximate surface area is 109 Å². The van der Waals surface area contributed by atoms with Gasteiger partial charge in [0.15, 0.2) is 0 Å². The number of sulfonamides is 1. The van der Waals surface area contributed by atoms with E-state index in [2.05, 4.69) is 0 Å². The van der Waals surface area contributed by atoms with Crippen molar-refractivity contribution in [2.75, 3.05) is 10.8 Å². The number of halogens is 1. The van der Waals surface area contributed by atoms with E-state index in [-0.39, 0.29) is 5.82 Å². The first-order valence-electron chi connectivity index (χ1n) is 5.44. The average molecular weight is 283 g/mol. The van der Waals surface area contributed by atoms with Crippen molar-refractivity contribution in [3.05, 3.63) is 47.1 Å². The van der Waals surface area contributed by atoms with Crippen LogP contribution < -0.4 is 4.31 Å². The largest absolute Gasteiger partial charge is 0.273 e. The maximum Gasteiger partial charge on any atom is 0.273 e. The zero-order chi connectivity index (χ0) is 12.8. The fraction of sp³-hybridized carbons (Fsp3) is 0.167. The molecule has 0 bridgehead atoms. The summed E-state index contributed by atoms with van der Waals surface area (Å²) >= 11 is 1.19. The highest BCUT2D eigenvalue weighted by Gasteiger charge is 2.31. The maximum atomic E-state index is 13.1. The first-order valence-corrected chi connectivity index (χ1v) is 7.76. The van der Waals surface area contributed by atoms with Gasteiger partial charge in [0.2, 0.25) is 0 Å². The molecule has 0 radical (unpaired) electrons. The van der Waals surface area contributed by atoms with Gasteiger partial charge in [-0.05, 0) is 41.6 Å². The van der Waals surface area contributed by atoms with Crippen LogP contribution in [0.5, 0.6) is 0 Å². The summed E-state index contributed by atoms with van der Waals surface area (Å²) in [7, 11) is -3.49. The molecule has 0 spiro atoms. The van der Waals surface area contributed by atoms with Crippen molar-refractivity contribution in [3.63, 3.8) is 0 Å². The standard InChI is InChI=1S/C12H10FNO2S2/c13-10-3-4-11-9(8-10)5-6-14(11)18(15,16)12-2-1-7-17-12/h1-4,7-8H,5-6H2. The average Bonchev–Trinajstić information content (AvgIpc) is 2.97. The van der Waals surface area contributed by atoms with E-state index >= 15 is 0 Å². The van der Waals surface area contributed by atoms with E-state index in [1.807, 2.05) is 0 Å². The van der Waals surface area contributed by atoms with Crippen molar-refractivity contribution in [1.82, 2.24) is 0 Å². The molecule has 0 atom stereocenters. The first-order chi connectivity index (χ1) is 8.59. The van der Waals surface area contributed by atoms with Gasteiger partial charge in [0.05, 0.1) is 5.69 Å². The van der Waals surface area contributed by atoms with E-state index in [1.54, 1.807) is 17.5 Å². The van der Waals surface area contributed by atoms with E-state index < -0.39 is 10.0 Å². The lowest BCUT2D eigenvalue weighted by Gasteiger charge is -2.18. The molecule has 0 saturated heterocycles. The monoisotopic (exact) mass is 283 g/mol. The molecular formula is C12H10FNO2S2. The van der Waals surface area contributed by atoms with Gasteiger partial charge in [-0.1, -0.05) is 6.07 Å². The van der Waals surface area contributed by atoms with Crippen LogP contribution in [0.3, 0.4) is 0 Å². The van der Waals surface area contributed by atoms with Crippen LogP contribution in [0.15, 0.2) is 39.9 Å². The molecular weight excluding hydrogens is 273 g/mol. The molecule has 2 heterocycles. The summed E-state index contributed by atoms with van der Waals surface area (Å²) in [5, 5.41) is 1.73. The second-order valence-electron chi connectivity index (χ2n) is 4.03. The molecule has 3 nitrogen and oxygen atoms in total. The van der Waals surface area contributed by atoms with E-state index in [0.717, 1.165) is 5.56 Å². The lowest BCUT2D eigenvalue weighted by molar-refractivity contribution is 0.594. The van der Waals surface area contributed by atoms with Crippen molar-refractivity contribution in [3.8, 4) is 0 Å². The minimum absolute atomic E-state index is 0.319. The van der Waals surface area contributed by atoms with E-state index in [4.69, 9.17) is 0 Å². The van der Waals surface area contributed by atoms with E-state index in [9.17, 15) is 12.8 Å². The van der Waals surface area contributed by atoms with Crippen LogP contribution in [0, 0.1) is 5.82 Å². The summed E-state index contributed by atoms with van der Waals surface area (Å²) in [5.74, 6) is -0.330. The van der Waals surface area contributed by atoms with Crippen LogP contribution in [0.1, 0.15) is 5.56 Å². The van der Waals surface area contributed by atoms with Gasteiger partial charge < -0.3 is 0 Å². The van der Waals surface area contributed by atoms with Crippen LogP contribution in [0.2, 0.25) is 0 Å². The SMILES string of the molecule is O=S(=O)(c1cccs1)N1CCc2cc(F)ccc21. The summed E-state index contributed by atoms with van der Waals surface area (Å²) in [6.07, 6.45) is 0.553. The molecule has 6 heteroatoms. The highest BCUT2D eigenvalue weighted by Crippen LogP contribution is 2.34. The third-order valence-corrected chi connectivity index (χ3v) is 6.12. The van der Waals surface area contributed by atoms with Gasteiger partial charge in [0.25, 0.3) is 10.0 Å². The van der Waals surface area contributed by atoms with Gasteiger partial charge in [0.1, 0.15) is 10.0 Å². The highest BCUT2D eigenvalue weighted by atomic mass is 32.2. The second kappa shape index (κ2) is 4.07. The van der Waals surface area contributed by atoms with Crippen LogP contribution in [0.4, 0.5) is 10.1 Å². The third-order valence-electron chi connectivity index (χ3n) is 2.93. The molecule has 1 aliphatic heterocycles. The highest BCUT2D eigenvalue weighted by molar-refractivity contribution is 7.94. The number of hydrogen-bond acceptors (Lipinski definition) is 3. The number of hydrogen-bond donors (Lipinski definition) is 0. The normalized spacial score (nSPS) is 14.8. The summed E-state index contributed by atoms with van der Waals surface area (Å²) in [4.78, 5) is 0. The smallest absolute Gasteiger partial charge is 0.265 e. The predicted octanol–water partition coefficient (Wildman–Crippen LogP) is 2.64. The molecule has 0 aliphatic carbocycles. The van der Waals surface area contributed by atoms with Crippen LogP contribution in [-0.4, -0.2) is 15.0 Å². The molecule has 3 rings (SSSR count). The maximum absolute atomic E-state index is 13.1. The Kier molecular flexibility index (Phi) is 2.64. The Hall–Kier alpha value is -1.40. The molecule has 94 valence electrons. The summed E-state index contributed by atoms with van der Waals surface area (Å²) in [6.45, 7) is 0.374. The van der Waals surface area contributed by atoms with Gasteiger partial charge in [-0.25, -0.2) is 12.8 Å². The van der Waals surface area contributed by atoms with Crippen LogP contribution in [-0.2, 0) is 16.4 Å². The molecule has 1 aromatic carbocycles. The number of nitrogens with zero attached hydrogens (tertiary/aromatic N) is 1. The minimum atomic E-state index is -3.49. The van der Waals surface area contributed by atoms with E-state index in [1.165, 1.54) is 33.8 Å². The fourth-order valence-corrected chi connectivity index (χ4v) is 4.72. The van der Waals surface area contributed by atoms with Gasteiger partial charge >= 0.3 is 0 Å². The Morgan fingerprint density at radius 3 is 2.83 bits per heavy atom. The summed E-state index contributed by atoms with van der Waals surface area (Å²) in [5.41, 5.74) is 1.33. The minimum Gasteiger partial charge on any atom is -0.265 e. The van der Waals surface area contributed by atoms with Crippen molar-refractivity contribution in [2.45, 2.75) is 10.6 Å². The van der Waals surface area contributed by atoms with Crippen LogP contribution in [0.25, 0.3) is 0 Å². The van der Waals surface area contributed by atoms with Gasteiger partial charge in [0, 0.05) is 6.54 Å². The van der Waals surface area contributed by atoms with Gasteiger partial charge in [-0.3, -0.25) is 4.31 Å². The van der Waals surface area contributed by atoms with E-state index in [0.29, 0.717) is 22.9 Å². The molecule has 18 heavy (non-hydrogen) atoms. The Bertz CT molecular complexity index is 680. The lowest BCUT2D eigenvalue weighted by atomic mass is 10.2. The number of thiophene rings is 1. The lowest BCUT2D eigenvalue weighted by Crippen LogP contribution is -2.28. The van der Waals surface area contributed by atoms with Gasteiger partial charge in [-0.15, -0.1) is 11.3 Å². The molecule has 1 aromatic heterocycles. The first kappa shape index (κ1) is 11.7. The quantitative estimate of drug-likeness (QED) is 0.849. The Balaban J connectivity index is 2.08. The van der Waals surface area contributed by atoms with Crippen molar-refractivity contribution in [2.24, 2.45) is 0 Å². The molecule has 0 fully saturated rings. The topological polar surface area (TPSA) is 37.4 Å². The zero-order valence-electron chi connectivity index (χ0n) is 9.34. The van der Waals surface area contributed by atoms with Crippen molar-refractivity contribution >= 4 is 27.0 Å². The molecule has 2 aromatic rings. The molecule has 0 saturated carbocycles. The predicted molar refractivity (Wildman–Crippen MR) is 69.0 cm³/mol. The van der Waals surface area contributed by atoms with Crippen LogP contribution >= 0.6 is 11.3 Å². The number of rotatable bonds is 2. The molecule has 0 N–H and O–H groups in total. The van der Waals surface area contributed by atoms with Crippen molar-refractivity contribution in [1.29, 1.82) is 0 Å². The summed E-state index contributed by atoms with van der Waals surface area (Å²) in [6, 6.07) is 7.52. The molecule has 0 unspecified atom stereocenters. The number of anilines is 1. The zero-order valence-corrected chi connectivity index (χ0v) is 11.0. The summed E-state index contributed by atoms with van der Waals surface area (Å²) < 4.78 is 39.5. The number of benzene rings is 1. The Morgan fingerprint density at radius 1 is 1.28 bits per heavy atom. The second-order valence-corrected chi connectivity index (χ2v) is 7.07. The molecule has 0 amide bonds. The molecule has 1 aliphatic rings. The fourth-order valence-electron chi connectivity index (χ4n) is 2.11. The Morgan fingerprint density at radius 2 is 2.11 bits per heavy atom.